The van der Waals surface area contributed by atoms with Gasteiger partial charge in [-0.05, 0) is 26.0 Å². The van der Waals surface area contributed by atoms with E-state index in [0.717, 1.165) is 34.2 Å². The van der Waals surface area contributed by atoms with Crippen molar-refractivity contribution in [1.82, 2.24) is 9.78 Å². The number of nitrogens with one attached hydrogen (secondary N) is 2. The van der Waals surface area contributed by atoms with E-state index >= 15 is 0 Å². The third kappa shape index (κ3) is 4.18. The van der Waals surface area contributed by atoms with Gasteiger partial charge in [0, 0.05) is 5.56 Å². The molecular formula is C21H25N4O+. The standard InChI is InChI=1S/C21H24N4O/c1-16-21(17(2)25(23-16)19-12-8-5-9-13-19)22-20(26)15-24(3)14-18-10-6-4-7-11-18/h4-13H,14-15H2,1-3H3,(H,22,26)/p+1. The lowest BCUT2D eigenvalue weighted by Crippen LogP contribution is -3.08. The van der Waals surface area contributed by atoms with Crippen molar-refractivity contribution >= 4 is 11.6 Å². The zero-order valence-corrected chi connectivity index (χ0v) is 15.5. The molecule has 5 nitrogen and oxygen atoms in total. The number of carbonyl (C=O) groups excluding carboxylic acids is 1. The molecule has 2 aromatic carbocycles. The van der Waals surface area contributed by atoms with Crippen LogP contribution >= 0.6 is 0 Å². The van der Waals surface area contributed by atoms with Crippen molar-refractivity contribution in [1.29, 1.82) is 0 Å². The Bertz CT molecular complexity index is 872. The maximum atomic E-state index is 12.5. The number of quaternary nitrogens is 1. The molecule has 0 aliphatic heterocycles. The van der Waals surface area contributed by atoms with Gasteiger partial charge in [-0.2, -0.15) is 5.10 Å². The second-order valence-corrected chi connectivity index (χ2v) is 6.64. The van der Waals surface area contributed by atoms with Crippen LogP contribution in [-0.4, -0.2) is 29.3 Å². The van der Waals surface area contributed by atoms with Gasteiger partial charge in [0.1, 0.15) is 6.54 Å². The van der Waals surface area contributed by atoms with Gasteiger partial charge in [0.2, 0.25) is 0 Å². The van der Waals surface area contributed by atoms with Crippen LogP contribution in [0.1, 0.15) is 17.0 Å². The number of aromatic nitrogens is 2. The Morgan fingerprint density at radius 1 is 1.04 bits per heavy atom. The van der Waals surface area contributed by atoms with Gasteiger partial charge >= 0.3 is 0 Å². The summed E-state index contributed by atoms with van der Waals surface area (Å²) in [6, 6.07) is 20.1. The molecule has 0 aliphatic rings. The highest BCUT2D eigenvalue weighted by Gasteiger charge is 2.17. The third-order valence-corrected chi connectivity index (χ3v) is 4.37. The molecule has 1 aromatic heterocycles. The fourth-order valence-corrected chi connectivity index (χ4v) is 3.11. The Balaban J connectivity index is 1.67. The monoisotopic (exact) mass is 349 g/mol. The molecule has 1 amide bonds. The Morgan fingerprint density at radius 2 is 1.65 bits per heavy atom. The number of hydrogen-bond acceptors (Lipinski definition) is 2. The van der Waals surface area contributed by atoms with E-state index in [9.17, 15) is 4.79 Å². The molecule has 134 valence electrons. The number of likely N-dealkylation sites (N-methyl/N-ethyl adjacent to an activating group) is 1. The van der Waals surface area contributed by atoms with Gasteiger partial charge in [-0.25, -0.2) is 4.68 Å². The van der Waals surface area contributed by atoms with Crippen LogP contribution in [0.5, 0.6) is 0 Å². The number of carbonyl (C=O) groups is 1. The third-order valence-electron chi connectivity index (χ3n) is 4.37. The van der Waals surface area contributed by atoms with Crippen molar-refractivity contribution in [2.75, 3.05) is 18.9 Å². The topological polar surface area (TPSA) is 51.4 Å². The normalized spacial score (nSPS) is 12.0. The van der Waals surface area contributed by atoms with Gasteiger partial charge in [-0.3, -0.25) is 4.79 Å². The van der Waals surface area contributed by atoms with Crippen molar-refractivity contribution < 1.29 is 9.69 Å². The Labute approximate surface area is 154 Å². The maximum absolute atomic E-state index is 12.5. The number of rotatable bonds is 6. The predicted molar refractivity (Wildman–Crippen MR) is 104 cm³/mol. The van der Waals surface area contributed by atoms with Crippen LogP contribution in [-0.2, 0) is 11.3 Å². The van der Waals surface area contributed by atoms with Crippen LogP contribution in [0.4, 0.5) is 5.69 Å². The summed E-state index contributed by atoms with van der Waals surface area (Å²) in [5, 5.41) is 7.62. The first-order valence-corrected chi connectivity index (χ1v) is 8.81. The van der Waals surface area contributed by atoms with E-state index in [1.54, 1.807) is 0 Å². The molecule has 26 heavy (non-hydrogen) atoms. The smallest absolute Gasteiger partial charge is 0.279 e. The largest absolute Gasteiger partial charge is 0.326 e. The van der Waals surface area contributed by atoms with E-state index in [1.807, 2.05) is 74.1 Å². The van der Waals surface area contributed by atoms with Crippen molar-refractivity contribution in [3.8, 4) is 5.69 Å². The predicted octanol–water partition coefficient (Wildman–Crippen LogP) is 2.14. The zero-order chi connectivity index (χ0) is 18.5. The number of aryl methyl sites for hydroxylation is 1. The van der Waals surface area contributed by atoms with E-state index in [0.29, 0.717) is 6.54 Å². The molecular weight excluding hydrogens is 324 g/mol. The molecule has 1 atom stereocenters. The van der Waals surface area contributed by atoms with Gasteiger partial charge < -0.3 is 10.2 Å². The summed E-state index contributed by atoms with van der Waals surface area (Å²) in [5.74, 6) is -0.00255. The number of benzene rings is 2. The highest BCUT2D eigenvalue weighted by molar-refractivity contribution is 5.92. The summed E-state index contributed by atoms with van der Waals surface area (Å²) in [4.78, 5) is 13.6. The molecule has 0 spiro atoms. The van der Waals surface area contributed by atoms with Crippen molar-refractivity contribution in [2.24, 2.45) is 0 Å². The van der Waals surface area contributed by atoms with Gasteiger partial charge in [0.25, 0.3) is 5.91 Å². The maximum Gasteiger partial charge on any atom is 0.279 e. The quantitative estimate of drug-likeness (QED) is 0.716. The Hall–Kier alpha value is -2.92. The molecule has 0 aliphatic carbocycles. The van der Waals surface area contributed by atoms with Crippen LogP contribution < -0.4 is 10.2 Å². The minimum absolute atomic E-state index is 0.00255. The zero-order valence-electron chi connectivity index (χ0n) is 15.5. The first-order chi connectivity index (χ1) is 12.5. The van der Waals surface area contributed by atoms with Crippen LogP contribution in [0.15, 0.2) is 60.7 Å². The molecule has 5 heteroatoms. The van der Waals surface area contributed by atoms with E-state index in [1.165, 1.54) is 5.56 Å². The van der Waals surface area contributed by atoms with Crippen LogP contribution in [0.25, 0.3) is 5.69 Å². The van der Waals surface area contributed by atoms with Crippen molar-refractivity contribution in [3.05, 3.63) is 77.6 Å². The molecule has 3 rings (SSSR count). The lowest BCUT2D eigenvalue weighted by Gasteiger charge is -2.14. The molecule has 0 saturated carbocycles. The minimum atomic E-state index is -0.00255. The van der Waals surface area contributed by atoms with Crippen LogP contribution in [0.3, 0.4) is 0 Å². The fraction of sp³-hybridized carbons (Fsp3) is 0.238. The first-order valence-electron chi connectivity index (χ1n) is 8.81. The highest BCUT2D eigenvalue weighted by Crippen LogP contribution is 2.22. The van der Waals surface area contributed by atoms with Crippen molar-refractivity contribution in [3.63, 3.8) is 0 Å². The second-order valence-electron chi connectivity index (χ2n) is 6.64. The molecule has 0 saturated heterocycles. The summed E-state index contributed by atoms with van der Waals surface area (Å²) in [7, 11) is 2.03. The number of nitrogens with zero attached hydrogens (tertiary/aromatic N) is 2. The average molecular weight is 349 g/mol. The van der Waals surface area contributed by atoms with E-state index in [-0.39, 0.29) is 5.91 Å². The summed E-state index contributed by atoms with van der Waals surface area (Å²) in [6.07, 6.45) is 0. The van der Waals surface area contributed by atoms with Gasteiger partial charge in [0.05, 0.1) is 29.8 Å². The highest BCUT2D eigenvalue weighted by atomic mass is 16.2. The van der Waals surface area contributed by atoms with Gasteiger partial charge in [-0.1, -0.05) is 48.5 Å². The molecule has 2 N–H and O–H groups in total. The second kappa shape index (κ2) is 7.97. The van der Waals surface area contributed by atoms with Crippen LogP contribution in [0, 0.1) is 13.8 Å². The number of para-hydroxylation sites is 1. The summed E-state index contributed by atoms with van der Waals surface area (Å²) >= 11 is 0. The molecule has 3 aromatic rings. The molecule has 1 unspecified atom stereocenters. The summed E-state index contributed by atoms with van der Waals surface area (Å²) in [6.45, 7) is 5.12. The first kappa shape index (κ1) is 17.9. The van der Waals surface area contributed by atoms with E-state index in [4.69, 9.17) is 0 Å². The number of anilines is 1. The average Bonchev–Trinajstić information content (AvgIpc) is 2.91. The molecule has 1 heterocycles. The number of amides is 1. The van der Waals surface area contributed by atoms with Crippen LogP contribution in [0.2, 0.25) is 0 Å². The van der Waals surface area contributed by atoms with E-state index in [2.05, 4.69) is 22.5 Å². The van der Waals surface area contributed by atoms with Gasteiger partial charge in [0.15, 0.2) is 6.54 Å². The van der Waals surface area contributed by atoms with Gasteiger partial charge in [-0.15, -0.1) is 0 Å². The lowest BCUT2D eigenvalue weighted by atomic mass is 10.2. The minimum Gasteiger partial charge on any atom is -0.326 e. The van der Waals surface area contributed by atoms with E-state index < -0.39 is 0 Å². The van der Waals surface area contributed by atoms with Crippen molar-refractivity contribution in [2.45, 2.75) is 20.4 Å². The molecule has 0 bridgehead atoms. The molecule has 0 radical (unpaired) electrons. The SMILES string of the molecule is Cc1nn(-c2ccccc2)c(C)c1NC(=O)C[NH+](C)Cc1ccccc1. The number of hydrogen-bond donors (Lipinski definition) is 2. The summed E-state index contributed by atoms with van der Waals surface area (Å²) in [5.41, 5.74) is 4.76. The Morgan fingerprint density at radius 3 is 2.31 bits per heavy atom. The fourth-order valence-electron chi connectivity index (χ4n) is 3.11. The summed E-state index contributed by atoms with van der Waals surface area (Å²) < 4.78 is 1.87. The lowest BCUT2D eigenvalue weighted by molar-refractivity contribution is -0.885. The molecule has 0 fully saturated rings. The Kier molecular flexibility index (Phi) is 5.49.